The van der Waals surface area contributed by atoms with Crippen molar-refractivity contribution in [2.75, 3.05) is 45.2 Å². The summed E-state index contributed by atoms with van der Waals surface area (Å²) in [4.78, 5) is 21.5. The smallest absolute Gasteiger partial charge is 0.243 e. The molecule has 1 aliphatic rings. The molecule has 0 spiro atoms. The maximum atomic E-state index is 14.2. The van der Waals surface area contributed by atoms with Gasteiger partial charge >= 0.3 is 0 Å². The second kappa shape index (κ2) is 10.3. The van der Waals surface area contributed by atoms with E-state index in [0.29, 0.717) is 35.8 Å². The van der Waals surface area contributed by atoms with Crippen LogP contribution in [0.25, 0.3) is 10.2 Å². The third kappa shape index (κ3) is 5.53. The molecular formula is C24H28F2N4O3S2. The number of sulfonamides is 1. The topological polar surface area (TPSA) is 73.8 Å². The maximum absolute atomic E-state index is 14.2. The number of halogens is 2. The predicted octanol–water partition coefficient (Wildman–Crippen LogP) is 3.88. The molecule has 2 aromatic carbocycles. The molecule has 7 nitrogen and oxygen atoms in total. The molecule has 1 aromatic heterocycles. The summed E-state index contributed by atoms with van der Waals surface area (Å²) in [5.74, 6) is -2.04. The van der Waals surface area contributed by atoms with Crippen molar-refractivity contribution < 1.29 is 22.0 Å². The van der Waals surface area contributed by atoms with Crippen molar-refractivity contribution in [1.29, 1.82) is 0 Å². The van der Waals surface area contributed by atoms with E-state index in [1.807, 2.05) is 25.9 Å². The van der Waals surface area contributed by atoms with Crippen LogP contribution >= 0.6 is 11.3 Å². The van der Waals surface area contributed by atoms with Gasteiger partial charge in [-0.05, 0) is 52.1 Å². The van der Waals surface area contributed by atoms with Gasteiger partial charge in [-0.1, -0.05) is 29.0 Å². The number of benzene rings is 2. The summed E-state index contributed by atoms with van der Waals surface area (Å²) >= 11 is 1.07. The highest BCUT2D eigenvalue weighted by molar-refractivity contribution is 7.89. The quantitative estimate of drug-likeness (QED) is 0.471. The largest absolute Gasteiger partial charge is 0.308 e. The highest BCUT2D eigenvalue weighted by Crippen LogP contribution is 2.33. The molecule has 35 heavy (non-hydrogen) atoms. The van der Waals surface area contributed by atoms with Crippen molar-refractivity contribution in [1.82, 2.24) is 14.2 Å². The van der Waals surface area contributed by atoms with Crippen molar-refractivity contribution >= 4 is 42.6 Å². The number of fused-ring (bicyclic) bond motifs is 1. The van der Waals surface area contributed by atoms with Crippen molar-refractivity contribution in [2.24, 2.45) is 5.92 Å². The van der Waals surface area contributed by atoms with E-state index in [0.717, 1.165) is 23.0 Å². The molecule has 0 unspecified atom stereocenters. The van der Waals surface area contributed by atoms with Crippen molar-refractivity contribution in [2.45, 2.75) is 24.7 Å². The van der Waals surface area contributed by atoms with Crippen LogP contribution in [0.1, 0.15) is 18.4 Å². The Morgan fingerprint density at radius 2 is 1.77 bits per heavy atom. The van der Waals surface area contributed by atoms with Gasteiger partial charge in [-0.15, -0.1) is 0 Å². The van der Waals surface area contributed by atoms with E-state index < -0.39 is 27.6 Å². The van der Waals surface area contributed by atoms with E-state index in [4.69, 9.17) is 0 Å². The fourth-order valence-electron chi connectivity index (χ4n) is 4.08. The first kappa shape index (κ1) is 25.6. The van der Waals surface area contributed by atoms with Gasteiger partial charge in [-0.2, -0.15) is 4.31 Å². The lowest BCUT2D eigenvalue weighted by Crippen LogP contribution is -2.46. The summed E-state index contributed by atoms with van der Waals surface area (Å²) in [6, 6.07) is 8.71. The summed E-state index contributed by atoms with van der Waals surface area (Å²) in [6.07, 6.45) is 0.743. The van der Waals surface area contributed by atoms with E-state index in [1.54, 1.807) is 24.3 Å². The van der Waals surface area contributed by atoms with Gasteiger partial charge < -0.3 is 4.90 Å². The molecule has 1 amide bonds. The van der Waals surface area contributed by atoms with Crippen LogP contribution in [0, 0.1) is 24.5 Å². The van der Waals surface area contributed by atoms with Crippen LogP contribution in [-0.2, 0) is 14.8 Å². The van der Waals surface area contributed by atoms with E-state index in [-0.39, 0.29) is 29.4 Å². The third-order valence-electron chi connectivity index (χ3n) is 6.13. The second-order valence-corrected chi connectivity index (χ2v) is 12.0. The van der Waals surface area contributed by atoms with Crippen LogP contribution in [0.4, 0.5) is 13.9 Å². The maximum Gasteiger partial charge on any atom is 0.243 e. The van der Waals surface area contributed by atoms with Gasteiger partial charge in [0.05, 0.1) is 9.60 Å². The number of carbonyl (C=O) groups excluding carboxylic acids is 1. The fourth-order valence-corrected chi connectivity index (χ4v) is 6.59. The van der Waals surface area contributed by atoms with Crippen molar-refractivity contribution in [3.05, 3.63) is 53.6 Å². The first-order chi connectivity index (χ1) is 16.6. The average Bonchev–Trinajstić information content (AvgIpc) is 3.23. The molecule has 0 N–H and O–H groups in total. The minimum atomic E-state index is -3.63. The minimum Gasteiger partial charge on any atom is -0.308 e. The molecule has 0 saturated carbocycles. The van der Waals surface area contributed by atoms with E-state index in [9.17, 15) is 22.0 Å². The van der Waals surface area contributed by atoms with E-state index in [2.05, 4.69) is 4.98 Å². The summed E-state index contributed by atoms with van der Waals surface area (Å²) in [6.45, 7) is 3.24. The SMILES string of the molecule is Cc1ccc(S(=O)(=O)N2CCC(C(=O)N(CCN(C)C)c3nc4c(F)cc(F)cc4s3)CC2)cc1. The Balaban J connectivity index is 1.52. The first-order valence-electron chi connectivity index (χ1n) is 11.3. The number of anilines is 1. The van der Waals surface area contributed by atoms with Crippen LogP contribution in [0.2, 0.25) is 0 Å². The molecule has 188 valence electrons. The first-order valence-corrected chi connectivity index (χ1v) is 13.6. The Kier molecular flexibility index (Phi) is 7.51. The molecule has 0 bridgehead atoms. The zero-order valence-electron chi connectivity index (χ0n) is 19.9. The van der Waals surface area contributed by atoms with E-state index >= 15 is 0 Å². The molecule has 0 aliphatic carbocycles. The monoisotopic (exact) mass is 522 g/mol. The highest BCUT2D eigenvalue weighted by Gasteiger charge is 2.35. The summed E-state index contributed by atoms with van der Waals surface area (Å²) in [5, 5.41) is 0.311. The molecule has 11 heteroatoms. The molecule has 2 heterocycles. The standard InChI is InChI=1S/C24H28F2N4O3S2/c1-16-4-6-19(7-5-16)35(32,33)29-10-8-17(9-11-29)23(31)30(13-12-28(2)3)24-27-22-20(26)14-18(25)15-21(22)34-24/h4-7,14-15,17H,8-13H2,1-3H3. The molecule has 4 rings (SSSR count). The number of aromatic nitrogens is 1. The third-order valence-corrected chi connectivity index (χ3v) is 9.07. The van der Waals surface area contributed by atoms with Gasteiger partial charge in [0.15, 0.2) is 10.9 Å². The van der Waals surface area contributed by atoms with Crippen molar-refractivity contribution in [3.63, 3.8) is 0 Å². The number of aryl methyl sites for hydroxylation is 1. The summed E-state index contributed by atoms with van der Waals surface area (Å²) in [7, 11) is 0.125. The average molecular weight is 523 g/mol. The number of rotatable bonds is 7. The Labute approximate surface area is 208 Å². The van der Waals surface area contributed by atoms with Crippen molar-refractivity contribution in [3.8, 4) is 0 Å². The predicted molar refractivity (Wildman–Crippen MR) is 133 cm³/mol. The van der Waals surface area contributed by atoms with Crippen LogP contribution in [0.3, 0.4) is 0 Å². The lowest BCUT2D eigenvalue weighted by atomic mass is 9.96. The van der Waals surface area contributed by atoms with Gasteiger partial charge in [0, 0.05) is 38.2 Å². The number of piperidine rings is 1. The number of hydrogen-bond acceptors (Lipinski definition) is 6. The number of thiazole rings is 1. The molecule has 0 atom stereocenters. The van der Waals surface area contributed by atoms with Gasteiger partial charge in [0.2, 0.25) is 15.9 Å². The molecule has 1 aliphatic heterocycles. The van der Waals surface area contributed by atoms with Gasteiger partial charge in [-0.3, -0.25) is 9.69 Å². The number of amides is 1. The lowest BCUT2D eigenvalue weighted by molar-refractivity contribution is -0.123. The number of hydrogen-bond donors (Lipinski definition) is 0. The number of likely N-dealkylation sites (N-methyl/N-ethyl adjacent to an activating group) is 1. The zero-order chi connectivity index (χ0) is 25.3. The normalized spacial score (nSPS) is 15.7. The van der Waals surface area contributed by atoms with Gasteiger partial charge in [0.1, 0.15) is 11.3 Å². The van der Waals surface area contributed by atoms with Crippen LogP contribution in [-0.4, -0.2) is 68.8 Å². The van der Waals surface area contributed by atoms with Gasteiger partial charge in [0.25, 0.3) is 0 Å². The second-order valence-electron chi connectivity index (χ2n) is 9.02. The molecule has 1 fully saturated rings. The highest BCUT2D eigenvalue weighted by atomic mass is 32.2. The molecule has 0 radical (unpaired) electrons. The molecule has 3 aromatic rings. The Hall–Kier alpha value is -2.47. The lowest BCUT2D eigenvalue weighted by Gasteiger charge is -2.33. The fraction of sp³-hybridized carbons (Fsp3) is 0.417. The zero-order valence-corrected chi connectivity index (χ0v) is 21.5. The Bertz CT molecular complexity index is 1320. The van der Waals surface area contributed by atoms with Gasteiger partial charge in [-0.25, -0.2) is 22.2 Å². The summed E-state index contributed by atoms with van der Waals surface area (Å²) in [5.41, 5.74) is 1.01. The minimum absolute atomic E-state index is 0.0352. The van der Waals surface area contributed by atoms with E-state index in [1.165, 1.54) is 15.3 Å². The summed E-state index contributed by atoms with van der Waals surface area (Å²) < 4.78 is 55.7. The van der Waals surface area contributed by atoms with Crippen LogP contribution in [0.5, 0.6) is 0 Å². The number of nitrogens with zero attached hydrogens (tertiary/aromatic N) is 4. The Morgan fingerprint density at radius 3 is 2.40 bits per heavy atom. The molecular weight excluding hydrogens is 494 g/mol. The Morgan fingerprint density at radius 1 is 1.11 bits per heavy atom. The van der Waals surface area contributed by atoms with Crippen LogP contribution < -0.4 is 4.90 Å². The van der Waals surface area contributed by atoms with Crippen LogP contribution in [0.15, 0.2) is 41.3 Å². The molecule has 1 saturated heterocycles. The number of carbonyl (C=O) groups is 1.